The van der Waals surface area contributed by atoms with Crippen molar-refractivity contribution in [1.29, 1.82) is 0 Å². The number of aromatic nitrogens is 3. The smallest absolute Gasteiger partial charge is 0.421 e. The number of carbonyl (C=O) groups excluding carboxylic acids is 1. The molecule has 2 aromatic rings. The maximum Gasteiger partial charge on any atom is 0.421 e. The Morgan fingerprint density at radius 2 is 2.15 bits per heavy atom. The van der Waals surface area contributed by atoms with Gasteiger partial charge in [-0.1, -0.05) is 29.9 Å². The highest BCUT2D eigenvalue weighted by Crippen LogP contribution is 2.44. The van der Waals surface area contributed by atoms with E-state index in [1.807, 2.05) is 6.92 Å². The van der Waals surface area contributed by atoms with Crippen molar-refractivity contribution in [2.45, 2.75) is 31.4 Å². The Morgan fingerprint density at radius 1 is 1.41 bits per heavy atom. The normalized spacial score (nSPS) is 19.9. The number of hydrogen-bond donors (Lipinski definition) is 2. The molecule has 12 heteroatoms. The van der Waals surface area contributed by atoms with Gasteiger partial charge in [0.05, 0.1) is 6.61 Å². The molecule has 2 aromatic heterocycles. The van der Waals surface area contributed by atoms with E-state index in [9.17, 15) is 18.0 Å². The van der Waals surface area contributed by atoms with Crippen molar-refractivity contribution in [3.05, 3.63) is 21.9 Å². The quantitative estimate of drug-likeness (QED) is 0.705. The van der Waals surface area contributed by atoms with E-state index in [-0.39, 0.29) is 22.9 Å². The molecule has 0 bridgehead atoms. The second-order valence-electron chi connectivity index (χ2n) is 5.79. The van der Waals surface area contributed by atoms with Crippen LogP contribution in [0.5, 0.6) is 0 Å². The molecular weight excluding hydrogens is 407 g/mol. The van der Waals surface area contributed by atoms with Gasteiger partial charge < -0.3 is 15.4 Å². The summed E-state index contributed by atoms with van der Waals surface area (Å²) in [5.74, 6) is -0.806. The number of esters is 1. The van der Waals surface area contributed by atoms with E-state index in [2.05, 4.69) is 25.6 Å². The first-order valence-corrected chi connectivity index (χ1v) is 9.13. The average Bonchev–Trinajstić information content (AvgIpc) is 3.17. The number of nitrogens with zero attached hydrogens (tertiary/aromatic N) is 3. The predicted octanol–water partition coefficient (Wildman–Crippen LogP) is 3.99. The van der Waals surface area contributed by atoms with Gasteiger partial charge in [0.25, 0.3) is 0 Å². The first-order chi connectivity index (χ1) is 12.7. The van der Waals surface area contributed by atoms with Crippen LogP contribution in [0, 0.1) is 0 Å². The van der Waals surface area contributed by atoms with Gasteiger partial charge in [0.2, 0.25) is 5.95 Å². The minimum atomic E-state index is -4.58. The molecule has 146 valence electrons. The van der Waals surface area contributed by atoms with Crippen LogP contribution in [0.3, 0.4) is 0 Å². The summed E-state index contributed by atoms with van der Waals surface area (Å²) in [4.78, 5) is 23.9. The third kappa shape index (κ3) is 3.53. The summed E-state index contributed by atoms with van der Waals surface area (Å²) in [6, 6.07) is 0. The summed E-state index contributed by atoms with van der Waals surface area (Å²) < 4.78 is 43.9. The summed E-state index contributed by atoms with van der Waals surface area (Å²) in [6.07, 6.45) is -2.91. The van der Waals surface area contributed by atoms with Crippen LogP contribution in [0.25, 0.3) is 0 Å². The number of cyclic esters (lactones) is 1. The number of hydrogen-bond acceptors (Lipinski definition) is 8. The van der Waals surface area contributed by atoms with Crippen LogP contribution in [0.4, 0.5) is 29.9 Å². The highest BCUT2D eigenvalue weighted by atomic mass is 35.5. The molecule has 2 N–H and O–H groups in total. The molecule has 3 heterocycles. The van der Waals surface area contributed by atoms with E-state index < -0.39 is 17.2 Å². The van der Waals surface area contributed by atoms with Crippen molar-refractivity contribution < 1.29 is 22.7 Å². The topological polar surface area (TPSA) is 89.0 Å². The average molecular weight is 422 g/mol. The number of thiazole rings is 1. The third-order valence-corrected chi connectivity index (χ3v) is 5.87. The molecule has 0 unspecified atom stereocenters. The first kappa shape index (κ1) is 19.6. The van der Waals surface area contributed by atoms with Gasteiger partial charge >= 0.3 is 12.1 Å². The van der Waals surface area contributed by atoms with E-state index in [0.717, 1.165) is 11.3 Å². The van der Waals surface area contributed by atoms with Crippen LogP contribution in [-0.4, -0.2) is 34.6 Å². The Bertz CT molecular complexity index is 876. The van der Waals surface area contributed by atoms with E-state index >= 15 is 0 Å². The molecule has 0 spiro atoms. The van der Waals surface area contributed by atoms with Crippen LogP contribution in [0.15, 0.2) is 6.20 Å². The Hall–Kier alpha value is -2.14. The molecule has 0 amide bonds. The zero-order valence-corrected chi connectivity index (χ0v) is 15.8. The monoisotopic (exact) mass is 421 g/mol. The van der Waals surface area contributed by atoms with Gasteiger partial charge in [-0.25, -0.2) is 9.97 Å². The first-order valence-electron chi connectivity index (χ1n) is 7.94. The number of alkyl halides is 3. The van der Waals surface area contributed by atoms with Crippen molar-refractivity contribution >= 4 is 45.7 Å². The lowest BCUT2D eigenvalue weighted by atomic mass is 9.84. The lowest BCUT2D eigenvalue weighted by molar-refractivity contribution is -0.143. The molecule has 0 radical (unpaired) electrons. The van der Waals surface area contributed by atoms with Crippen molar-refractivity contribution in [1.82, 2.24) is 15.0 Å². The number of nitrogens with one attached hydrogen (secondary N) is 2. The van der Waals surface area contributed by atoms with Gasteiger partial charge in [-0.2, -0.15) is 18.2 Å². The largest absolute Gasteiger partial charge is 0.465 e. The standard InChI is InChI=1S/C15H15ClF3N5O2S/c1-3-14(4-5-26-12(14)25)11-22-8(16)10(27-11)24-13-21-6-7(15(17,18)19)9(20-2)23-13/h6H,3-5H2,1-2H3,(H2,20,21,23,24)/t14-/m0/s1. The SMILES string of the molecule is CC[C@@]1(c2nc(Cl)c(Nc3ncc(C(F)(F)F)c(NC)n3)s2)CCOC1=O. The lowest BCUT2D eigenvalue weighted by Crippen LogP contribution is -2.30. The molecule has 0 aromatic carbocycles. The van der Waals surface area contributed by atoms with Crippen molar-refractivity contribution in [2.75, 3.05) is 24.3 Å². The fraction of sp³-hybridized carbons (Fsp3) is 0.467. The molecule has 1 atom stereocenters. The summed E-state index contributed by atoms with van der Waals surface area (Å²) in [6.45, 7) is 2.16. The molecular formula is C15H15ClF3N5O2S. The molecule has 1 saturated heterocycles. The molecule has 3 rings (SSSR count). The second-order valence-corrected chi connectivity index (χ2v) is 7.15. The van der Waals surface area contributed by atoms with Crippen molar-refractivity contribution in [3.8, 4) is 0 Å². The predicted molar refractivity (Wildman–Crippen MR) is 94.5 cm³/mol. The second kappa shape index (κ2) is 7.12. The van der Waals surface area contributed by atoms with E-state index in [4.69, 9.17) is 16.3 Å². The summed E-state index contributed by atoms with van der Waals surface area (Å²) in [5, 5.41) is 6.07. The maximum absolute atomic E-state index is 12.9. The van der Waals surface area contributed by atoms with Crippen molar-refractivity contribution in [3.63, 3.8) is 0 Å². The lowest BCUT2D eigenvalue weighted by Gasteiger charge is -2.19. The van der Waals surface area contributed by atoms with Crippen molar-refractivity contribution in [2.24, 2.45) is 0 Å². The van der Waals surface area contributed by atoms with Crippen LogP contribution >= 0.6 is 22.9 Å². The van der Waals surface area contributed by atoms with Gasteiger partial charge in [-0.05, 0) is 6.42 Å². The number of ether oxygens (including phenoxy) is 1. The summed E-state index contributed by atoms with van der Waals surface area (Å²) in [7, 11) is 1.33. The van der Waals surface area contributed by atoms with Gasteiger partial charge in [0.15, 0.2) is 5.15 Å². The molecule has 0 aliphatic carbocycles. The fourth-order valence-electron chi connectivity index (χ4n) is 2.75. The van der Waals surface area contributed by atoms with Crippen LogP contribution in [0.2, 0.25) is 5.15 Å². The molecule has 1 aliphatic heterocycles. The minimum absolute atomic E-state index is 0.0796. The van der Waals surface area contributed by atoms with E-state index in [1.54, 1.807) is 0 Å². The maximum atomic E-state index is 12.9. The summed E-state index contributed by atoms with van der Waals surface area (Å²) >= 11 is 7.28. The van der Waals surface area contributed by atoms with E-state index in [1.165, 1.54) is 7.05 Å². The minimum Gasteiger partial charge on any atom is -0.465 e. The number of anilines is 3. The Labute approximate surface area is 161 Å². The molecule has 0 saturated carbocycles. The molecule has 7 nitrogen and oxygen atoms in total. The van der Waals surface area contributed by atoms with Crippen LogP contribution < -0.4 is 10.6 Å². The Balaban J connectivity index is 1.91. The molecule has 27 heavy (non-hydrogen) atoms. The fourth-order valence-corrected chi connectivity index (χ4v) is 4.17. The van der Waals surface area contributed by atoms with Gasteiger partial charge in [0.1, 0.15) is 26.8 Å². The van der Waals surface area contributed by atoms with E-state index in [0.29, 0.717) is 35.7 Å². The Morgan fingerprint density at radius 3 is 2.70 bits per heavy atom. The van der Waals surface area contributed by atoms with Gasteiger partial charge in [-0.15, -0.1) is 0 Å². The number of carbonyl (C=O) groups is 1. The van der Waals surface area contributed by atoms with Gasteiger partial charge in [-0.3, -0.25) is 4.79 Å². The molecule has 1 fully saturated rings. The number of rotatable bonds is 5. The third-order valence-electron chi connectivity index (χ3n) is 4.31. The highest BCUT2D eigenvalue weighted by Gasteiger charge is 2.47. The zero-order chi connectivity index (χ0) is 19.8. The van der Waals surface area contributed by atoms with Crippen LogP contribution in [-0.2, 0) is 21.1 Å². The molecule has 1 aliphatic rings. The Kier molecular flexibility index (Phi) is 5.17. The van der Waals surface area contributed by atoms with Crippen LogP contribution in [0.1, 0.15) is 30.3 Å². The highest BCUT2D eigenvalue weighted by molar-refractivity contribution is 7.16. The zero-order valence-electron chi connectivity index (χ0n) is 14.3. The van der Waals surface area contributed by atoms with Gasteiger partial charge in [0, 0.05) is 19.7 Å². The summed E-state index contributed by atoms with van der Waals surface area (Å²) in [5.41, 5.74) is -1.84. The number of halogens is 4.